The van der Waals surface area contributed by atoms with Gasteiger partial charge in [0.2, 0.25) is 0 Å². The van der Waals surface area contributed by atoms with Crippen molar-refractivity contribution in [3.63, 3.8) is 0 Å². The van der Waals surface area contributed by atoms with Gasteiger partial charge in [0.05, 0.1) is 13.2 Å². The molecule has 0 aliphatic heterocycles. The molecule has 0 spiro atoms. The number of hydrogen-bond acceptors (Lipinski definition) is 10. The van der Waals surface area contributed by atoms with Gasteiger partial charge in [0.1, 0.15) is 25.4 Å². The summed E-state index contributed by atoms with van der Waals surface area (Å²) in [5.41, 5.74) is 0.582. The zero-order chi connectivity index (χ0) is 30.3. The van der Waals surface area contributed by atoms with Crippen molar-refractivity contribution >= 4 is 37.1 Å². The van der Waals surface area contributed by atoms with E-state index in [9.17, 15) is 19.8 Å². The molecule has 0 aliphatic carbocycles. The van der Waals surface area contributed by atoms with Gasteiger partial charge in [-0.3, -0.25) is 0 Å². The highest BCUT2D eigenvalue weighted by atomic mass is 28.5. The third kappa shape index (κ3) is 20.4. The number of aliphatic hydroxyl groups is 2. The molecule has 0 rings (SSSR count). The first-order valence-electron chi connectivity index (χ1n) is 13.4. The van der Waals surface area contributed by atoms with E-state index in [1.165, 1.54) is 0 Å². The highest BCUT2D eigenvalue weighted by Gasteiger charge is 2.39. The average molecular weight is 609 g/mol. The summed E-state index contributed by atoms with van der Waals surface area (Å²) in [6.45, 7) is 23.9. The van der Waals surface area contributed by atoms with Crippen LogP contribution in [0.5, 0.6) is 0 Å². The lowest BCUT2D eigenvalue weighted by atomic mass is 10.3. The molecule has 228 valence electrons. The van der Waals surface area contributed by atoms with E-state index in [4.69, 9.17) is 27.2 Å². The Morgan fingerprint density at radius 2 is 1.00 bits per heavy atom. The summed E-state index contributed by atoms with van der Waals surface area (Å²) in [4.78, 5) is 22.7. The van der Waals surface area contributed by atoms with Crippen molar-refractivity contribution in [2.75, 3.05) is 39.6 Å². The van der Waals surface area contributed by atoms with Crippen molar-refractivity contribution in [2.45, 2.75) is 90.3 Å². The van der Waals surface area contributed by atoms with Gasteiger partial charge in [0, 0.05) is 24.4 Å². The molecule has 0 aliphatic rings. The topological polar surface area (TPSA) is 130 Å². The first-order valence-corrected chi connectivity index (χ1v) is 22.5. The van der Waals surface area contributed by atoms with E-state index in [1.54, 1.807) is 13.8 Å². The van der Waals surface area contributed by atoms with Crippen molar-refractivity contribution in [1.82, 2.24) is 0 Å². The Morgan fingerprint density at radius 3 is 1.31 bits per heavy atom. The van der Waals surface area contributed by atoms with Crippen LogP contribution in [0.2, 0.25) is 51.4 Å². The van der Waals surface area contributed by atoms with E-state index < -0.39 is 49.3 Å². The molecule has 0 saturated carbocycles. The Balaban J connectivity index is 4.25. The third-order valence-corrected chi connectivity index (χ3v) is 16.8. The molecule has 0 heterocycles. The number of aliphatic hydroxyl groups excluding tert-OH is 2. The minimum absolute atomic E-state index is 0.0978. The minimum Gasteiger partial charge on any atom is -0.460 e. The Kier molecular flexibility index (Phi) is 17.8. The third-order valence-electron chi connectivity index (χ3n) is 5.31. The van der Waals surface area contributed by atoms with E-state index in [-0.39, 0.29) is 26.4 Å². The molecular weight excluding hydrogens is 557 g/mol. The Morgan fingerprint density at radius 1 is 0.667 bits per heavy atom. The monoisotopic (exact) mass is 608 g/mol. The van der Waals surface area contributed by atoms with Gasteiger partial charge in [-0.25, -0.2) is 9.59 Å². The van der Waals surface area contributed by atoms with Crippen LogP contribution in [0, 0.1) is 0 Å². The lowest BCUT2D eigenvalue weighted by molar-refractivity contribution is -0.143. The van der Waals surface area contributed by atoms with Crippen LogP contribution >= 0.6 is 0 Å². The van der Waals surface area contributed by atoms with Crippen LogP contribution in [0.1, 0.15) is 26.7 Å². The quantitative estimate of drug-likeness (QED) is 0.0808. The fourth-order valence-corrected chi connectivity index (χ4v) is 17.8. The number of esters is 2. The van der Waals surface area contributed by atoms with E-state index in [0.29, 0.717) is 24.4 Å². The lowest BCUT2D eigenvalue weighted by Gasteiger charge is -2.38. The van der Waals surface area contributed by atoms with Crippen molar-refractivity contribution in [3.8, 4) is 0 Å². The van der Waals surface area contributed by atoms with E-state index >= 15 is 0 Å². The number of carbonyl (C=O) groups excluding carboxylic acids is 2. The average Bonchev–Trinajstić information content (AvgIpc) is 2.78. The van der Waals surface area contributed by atoms with E-state index in [0.717, 1.165) is 24.9 Å². The number of ether oxygens (including phenoxy) is 4. The Labute approximate surface area is 238 Å². The highest BCUT2D eigenvalue weighted by Crippen LogP contribution is 2.26. The van der Waals surface area contributed by atoms with Crippen LogP contribution in [0.3, 0.4) is 0 Å². The van der Waals surface area contributed by atoms with Gasteiger partial charge in [0.25, 0.3) is 0 Å². The first kappa shape index (κ1) is 37.8. The second kappa shape index (κ2) is 18.3. The maximum Gasteiger partial charge on any atom is 0.333 e. The molecule has 10 nitrogen and oxygen atoms in total. The minimum atomic E-state index is -2.36. The van der Waals surface area contributed by atoms with Crippen molar-refractivity contribution in [3.05, 3.63) is 24.3 Å². The van der Waals surface area contributed by atoms with E-state index in [1.807, 2.05) is 0 Å². The van der Waals surface area contributed by atoms with Crippen LogP contribution in [-0.2, 0) is 36.8 Å². The molecule has 0 saturated heterocycles. The summed E-state index contributed by atoms with van der Waals surface area (Å²) in [6.07, 6.45) is -0.136. The molecule has 0 bridgehead atoms. The predicted octanol–water partition coefficient (Wildman–Crippen LogP) is 3.91. The zero-order valence-corrected chi connectivity index (χ0v) is 28.3. The highest BCUT2D eigenvalue weighted by molar-refractivity contribution is 6.87. The number of carbonyl (C=O) groups is 2. The molecular formula is C26H52O10Si3. The van der Waals surface area contributed by atoms with Crippen LogP contribution in [0.15, 0.2) is 24.3 Å². The number of rotatable bonds is 22. The number of hydrogen-bond donors (Lipinski definition) is 2. The van der Waals surface area contributed by atoms with Gasteiger partial charge in [-0.15, -0.1) is 0 Å². The van der Waals surface area contributed by atoms with Gasteiger partial charge in [0.15, 0.2) is 16.6 Å². The molecule has 2 atom stereocenters. The fourth-order valence-electron chi connectivity index (χ4n) is 3.78. The Bertz CT molecular complexity index is 724. The van der Waals surface area contributed by atoms with Crippen molar-refractivity contribution < 1.29 is 47.0 Å². The maximum absolute atomic E-state index is 11.4. The molecule has 39 heavy (non-hydrogen) atoms. The summed E-state index contributed by atoms with van der Waals surface area (Å²) < 4.78 is 34.1. The first-order chi connectivity index (χ1) is 17.9. The predicted molar refractivity (Wildman–Crippen MR) is 159 cm³/mol. The molecule has 0 aromatic heterocycles. The molecule has 0 amide bonds. The van der Waals surface area contributed by atoms with Gasteiger partial charge in [-0.2, -0.15) is 0 Å². The summed E-state index contributed by atoms with van der Waals surface area (Å²) in [5.74, 6) is -1.05. The van der Waals surface area contributed by atoms with Gasteiger partial charge >= 0.3 is 20.5 Å². The molecule has 0 radical (unpaired) electrons. The summed E-state index contributed by atoms with van der Waals surface area (Å²) in [6, 6.07) is 1.79. The van der Waals surface area contributed by atoms with E-state index in [2.05, 4.69) is 52.4 Å². The largest absolute Gasteiger partial charge is 0.460 e. The molecule has 0 aromatic carbocycles. The second-order valence-corrected chi connectivity index (χ2v) is 24.0. The van der Waals surface area contributed by atoms with Crippen LogP contribution in [0.25, 0.3) is 0 Å². The zero-order valence-electron chi connectivity index (χ0n) is 25.3. The van der Waals surface area contributed by atoms with Crippen LogP contribution in [0.4, 0.5) is 0 Å². The second-order valence-electron chi connectivity index (χ2n) is 11.5. The summed E-state index contributed by atoms with van der Waals surface area (Å²) in [7, 11) is -6.35. The van der Waals surface area contributed by atoms with Crippen molar-refractivity contribution in [1.29, 1.82) is 0 Å². The van der Waals surface area contributed by atoms with Crippen molar-refractivity contribution in [2.24, 2.45) is 0 Å². The van der Waals surface area contributed by atoms with Crippen LogP contribution in [-0.4, -0.2) is 99.2 Å². The normalized spacial score (nSPS) is 14.0. The fraction of sp³-hybridized carbons (Fsp3) is 0.769. The summed E-state index contributed by atoms with van der Waals surface area (Å²) >= 11 is 0. The van der Waals surface area contributed by atoms with Crippen LogP contribution < -0.4 is 0 Å². The van der Waals surface area contributed by atoms with Gasteiger partial charge < -0.3 is 37.4 Å². The lowest BCUT2D eigenvalue weighted by Crippen LogP contribution is -2.52. The van der Waals surface area contributed by atoms with Gasteiger partial charge in [-0.1, -0.05) is 13.2 Å². The molecule has 13 heteroatoms. The molecule has 0 fully saturated rings. The SMILES string of the molecule is C=C(C)C(=O)OCC(O)COCCC[Si](C)(C)O[Si](C)(C)O[Si](C)(C)CCCOCC(O)COC(=O)C(=C)C. The maximum atomic E-state index is 11.4. The molecule has 0 aromatic rings. The standard InChI is InChI=1S/C26H52O10Si3/c1-21(2)25(29)33-19-23(27)17-31-13-11-15-37(5,6)35-39(9,10)36-38(7,8)16-12-14-32-18-24(28)20-34-26(30)22(3)4/h23-24,27-28H,1,3,11-20H2,2,4-10H3. The smallest absolute Gasteiger partial charge is 0.333 e. The van der Waals surface area contributed by atoms with Gasteiger partial charge in [-0.05, 0) is 78.1 Å². The molecule has 2 N–H and O–H groups in total. The summed E-state index contributed by atoms with van der Waals surface area (Å²) in [5, 5.41) is 19.8. The molecule has 2 unspecified atom stereocenters. The Hall–Kier alpha value is -1.17.